The molecule has 2 N–H and O–H groups in total. The van der Waals surface area contributed by atoms with Crippen molar-refractivity contribution in [2.24, 2.45) is 0 Å². The molecule has 0 saturated heterocycles. The Labute approximate surface area is 166 Å². The number of urea groups is 1. The third kappa shape index (κ3) is 3.40. The van der Waals surface area contributed by atoms with Gasteiger partial charge in [-0.1, -0.05) is 11.6 Å². The lowest BCUT2D eigenvalue weighted by molar-refractivity contribution is 0.108. The van der Waals surface area contributed by atoms with Gasteiger partial charge in [0.2, 0.25) is 0 Å². The number of aromatic amines is 1. The van der Waals surface area contributed by atoms with Crippen molar-refractivity contribution in [1.82, 2.24) is 9.88 Å². The first-order chi connectivity index (χ1) is 13.5. The molecule has 148 valence electrons. The number of nitrogens with one attached hydrogen (secondary N) is 2. The molecule has 6 nitrogen and oxygen atoms in total. The predicted octanol–water partition coefficient (Wildman–Crippen LogP) is 3.78. The first kappa shape index (κ1) is 19.0. The molecule has 1 atom stereocenters. The molecule has 2 amide bonds. The van der Waals surface area contributed by atoms with Crippen LogP contribution in [0.15, 0.2) is 23.0 Å². The van der Waals surface area contributed by atoms with Gasteiger partial charge in [-0.05, 0) is 55.0 Å². The standard InChI is InChI=1S/C20H21ClFN3O3/c1-25(20(27)23-11-5-6-15(22)14(21)9-11)17-4-2-3-16-18(17)12-7-8-28-10-13(12)19(26)24-16/h5-6,9,17H,2-4,7-8,10H2,1H3,(H,23,27)(H,24,26). The maximum Gasteiger partial charge on any atom is 0.322 e. The number of fused-ring (bicyclic) bond motifs is 3. The Bertz CT molecular complexity index is 991. The second kappa shape index (κ2) is 7.56. The van der Waals surface area contributed by atoms with Gasteiger partial charge in [0.15, 0.2) is 0 Å². The van der Waals surface area contributed by atoms with Crippen LogP contribution >= 0.6 is 11.6 Å². The van der Waals surface area contributed by atoms with E-state index in [-0.39, 0.29) is 22.7 Å². The molecule has 28 heavy (non-hydrogen) atoms. The van der Waals surface area contributed by atoms with E-state index in [2.05, 4.69) is 10.3 Å². The number of pyridine rings is 1. The van der Waals surface area contributed by atoms with E-state index in [1.165, 1.54) is 18.2 Å². The molecule has 8 heteroatoms. The third-order valence-electron chi connectivity index (χ3n) is 5.49. The average molecular weight is 406 g/mol. The molecule has 1 aromatic heterocycles. The molecule has 1 unspecified atom stereocenters. The van der Waals surface area contributed by atoms with Gasteiger partial charge in [-0.25, -0.2) is 9.18 Å². The number of carbonyl (C=O) groups excluding carboxylic acids is 1. The van der Waals surface area contributed by atoms with Gasteiger partial charge in [0.25, 0.3) is 5.56 Å². The van der Waals surface area contributed by atoms with E-state index in [0.29, 0.717) is 30.9 Å². The number of carbonyl (C=O) groups is 1. The zero-order chi connectivity index (χ0) is 19.8. The summed E-state index contributed by atoms with van der Waals surface area (Å²) in [6, 6.07) is 3.61. The van der Waals surface area contributed by atoms with Crippen molar-refractivity contribution < 1.29 is 13.9 Å². The number of aromatic nitrogens is 1. The Balaban J connectivity index is 1.64. The lowest BCUT2D eigenvalue weighted by Gasteiger charge is -2.36. The summed E-state index contributed by atoms with van der Waals surface area (Å²) in [5.41, 5.74) is 3.96. The summed E-state index contributed by atoms with van der Waals surface area (Å²) in [5, 5.41) is 2.72. The highest BCUT2D eigenvalue weighted by atomic mass is 35.5. The van der Waals surface area contributed by atoms with Gasteiger partial charge in [0.05, 0.1) is 24.3 Å². The Morgan fingerprint density at radius 2 is 2.18 bits per heavy atom. The van der Waals surface area contributed by atoms with Crippen molar-refractivity contribution in [3.8, 4) is 0 Å². The molecule has 0 bridgehead atoms. The minimum Gasteiger partial charge on any atom is -0.376 e. The van der Waals surface area contributed by atoms with E-state index in [4.69, 9.17) is 16.3 Å². The van der Waals surface area contributed by atoms with Crippen LogP contribution in [0.2, 0.25) is 5.02 Å². The third-order valence-corrected chi connectivity index (χ3v) is 5.78. The molecular formula is C20H21ClFN3O3. The van der Waals surface area contributed by atoms with Crippen molar-refractivity contribution in [2.45, 2.75) is 38.3 Å². The molecule has 0 radical (unpaired) electrons. The molecule has 1 aliphatic heterocycles. The summed E-state index contributed by atoms with van der Waals surface area (Å²) in [7, 11) is 1.73. The molecule has 0 saturated carbocycles. The van der Waals surface area contributed by atoms with Crippen LogP contribution in [-0.2, 0) is 24.2 Å². The first-order valence-electron chi connectivity index (χ1n) is 9.29. The van der Waals surface area contributed by atoms with Crippen LogP contribution in [0.1, 0.15) is 41.3 Å². The largest absolute Gasteiger partial charge is 0.376 e. The fraction of sp³-hybridized carbons (Fsp3) is 0.400. The summed E-state index contributed by atoms with van der Waals surface area (Å²) in [6.07, 6.45) is 3.14. The van der Waals surface area contributed by atoms with Crippen molar-refractivity contribution in [3.05, 3.63) is 61.8 Å². The van der Waals surface area contributed by atoms with Crippen LogP contribution < -0.4 is 10.9 Å². The topological polar surface area (TPSA) is 74.4 Å². The molecule has 1 aliphatic carbocycles. The Morgan fingerprint density at radius 3 is 2.96 bits per heavy atom. The van der Waals surface area contributed by atoms with Crippen molar-refractivity contribution in [3.63, 3.8) is 0 Å². The van der Waals surface area contributed by atoms with E-state index in [0.717, 1.165) is 36.1 Å². The fourth-order valence-corrected chi connectivity index (χ4v) is 4.26. The van der Waals surface area contributed by atoms with E-state index in [9.17, 15) is 14.0 Å². The number of benzene rings is 1. The smallest absolute Gasteiger partial charge is 0.322 e. The summed E-state index contributed by atoms with van der Waals surface area (Å²) in [4.78, 5) is 29.8. The highest BCUT2D eigenvalue weighted by Gasteiger charge is 2.32. The monoisotopic (exact) mass is 405 g/mol. The second-order valence-corrected chi connectivity index (χ2v) is 7.59. The summed E-state index contributed by atoms with van der Waals surface area (Å²) >= 11 is 5.80. The minimum absolute atomic E-state index is 0.0462. The van der Waals surface area contributed by atoms with Gasteiger partial charge in [0, 0.05) is 24.0 Å². The Kier molecular flexibility index (Phi) is 5.12. The van der Waals surface area contributed by atoms with E-state index >= 15 is 0 Å². The maximum atomic E-state index is 13.3. The number of amides is 2. The second-order valence-electron chi connectivity index (χ2n) is 7.18. The Hall–Kier alpha value is -2.38. The van der Waals surface area contributed by atoms with Gasteiger partial charge >= 0.3 is 6.03 Å². The van der Waals surface area contributed by atoms with E-state index in [1.807, 2.05) is 0 Å². The summed E-state index contributed by atoms with van der Waals surface area (Å²) in [6.45, 7) is 0.869. The molecule has 2 heterocycles. The number of H-pyrrole nitrogens is 1. The van der Waals surface area contributed by atoms with Gasteiger partial charge in [-0.3, -0.25) is 4.79 Å². The number of hydrogen-bond acceptors (Lipinski definition) is 3. The fourth-order valence-electron chi connectivity index (χ4n) is 4.08. The van der Waals surface area contributed by atoms with Gasteiger partial charge in [-0.15, -0.1) is 0 Å². The molecule has 2 aliphatic rings. The van der Waals surface area contributed by atoms with Crippen molar-refractivity contribution in [1.29, 1.82) is 0 Å². The number of anilines is 1. The van der Waals surface area contributed by atoms with E-state index in [1.54, 1.807) is 11.9 Å². The van der Waals surface area contributed by atoms with Crippen LogP contribution in [0, 0.1) is 5.82 Å². The van der Waals surface area contributed by atoms with Gasteiger partial charge in [0.1, 0.15) is 5.82 Å². The van der Waals surface area contributed by atoms with Crippen LogP contribution in [0.4, 0.5) is 14.9 Å². The molecule has 0 fully saturated rings. The highest BCUT2D eigenvalue weighted by molar-refractivity contribution is 6.31. The van der Waals surface area contributed by atoms with Gasteiger partial charge in [-0.2, -0.15) is 0 Å². The molecule has 1 aromatic carbocycles. The minimum atomic E-state index is -0.535. The van der Waals surface area contributed by atoms with E-state index < -0.39 is 5.82 Å². The molecule has 0 spiro atoms. The molecule has 2 aromatic rings. The molecule has 4 rings (SSSR count). The predicted molar refractivity (Wildman–Crippen MR) is 104 cm³/mol. The van der Waals surface area contributed by atoms with Crippen molar-refractivity contribution >= 4 is 23.3 Å². The Morgan fingerprint density at radius 1 is 1.36 bits per heavy atom. The molecular weight excluding hydrogens is 385 g/mol. The number of hydrogen-bond donors (Lipinski definition) is 2. The zero-order valence-corrected chi connectivity index (χ0v) is 16.2. The zero-order valence-electron chi connectivity index (χ0n) is 15.5. The number of ether oxygens (including phenoxy) is 1. The quantitative estimate of drug-likeness (QED) is 0.798. The lowest BCUT2D eigenvalue weighted by Crippen LogP contribution is -2.39. The summed E-state index contributed by atoms with van der Waals surface area (Å²) in [5.74, 6) is -0.535. The van der Waals surface area contributed by atoms with Crippen LogP contribution in [-0.4, -0.2) is 29.6 Å². The number of halogens is 2. The first-order valence-corrected chi connectivity index (χ1v) is 9.67. The average Bonchev–Trinajstić information content (AvgIpc) is 2.70. The number of aryl methyl sites for hydroxylation is 1. The SMILES string of the molecule is CN(C(=O)Nc1ccc(F)c(Cl)c1)C1CCCc2[nH]c(=O)c3c(c21)CCOC3. The summed E-state index contributed by atoms with van der Waals surface area (Å²) < 4.78 is 18.8. The van der Waals surface area contributed by atoms with Crippen molar-refractivity contribution in [2.75, 3.05) is 19.0 Å². The van der Waals surface area contributed by atoms with Crippen LogP contribution in [0.3, 0.4) is 0 Å². The van der Waals surface area contributed by atoms with Crippen LogP contribution in [0.5, 0.6) is 0 Å². The number of nitrogens with zero attached hydrogens (tertiary/aromatic N) is 1. The van der Waals surface area contributed by atoms with Crippen LogP contribution in [0.25, 0.3) is 0 Å². The number of rotatable bonds is 2. The normalized spacial score (nSPS) is 18.2. The lowest BCUT2D eigenvalue weighted by atomic mass is 9.84. The van der Waals surface area contributed by atoms with Gasteiger partial charge < -0.3 is 19.9 Å². The highest BCUT2D eigenvalue weighted by Crippen LogP contribution is 2.37. The maximum absolute atomic E-state index is 13.3.